The van der Waals surface area contributed by atoms with Gasteiger partial charge in [-0.15, -0.1) is 11.3 Å². The van der Waals surface area contributed by atoms with Gasteiger partial charge in [0.25, 0.3) is 0 Å². The lowest BCUT2D eigenvalue weighted by Crippen LogP contribution is -2.46. The van der Waals surface area contributed by atoms with E-state index in [0.29, 0.717) is 37.7 Å². The second-order valence-corrected chi connectivity index (χ2v) is 10.7. The van der Waals surface area contributed by atoms with Gasteiger partial charge in [-0.1, -0.05) is 24.3 Å². The quantitative estimate of drug-likeness (QED) is 0.400. The molecule has 1 atom stereocenters. The third-order valence-corrected chi connectivity index (χ3v) is 7.86. The lowest BCUT2D eigenvalue weighted by atomic mass is 10.1. The summed E-state index contributed by atoms with van der Waals surface area (Å²) in [6.07, 6.45) is 1.75. The average molecular weight is 536 g/mol. The van der Waals surface area contributed by atoms with Gasteiger partial charge in [0.2, 0.25) is 12.7 Å². The Balaban J connectivity index is 1.35. The Hall–Kier alpha value is -3.56. The first kappa shape index (κ1) is 26.1. The van der Waals surface area contributed by atoms with Gasteiger partial charge >= 0.3 is 6.03 Å². The summed E-state index contributed by atoms with van der Waals surface area (Å²) in [5.74, 6) is 1.25. The molecule has 1 aromatic heterocycles. The highest BCUT2D eigenvalue weighted by Crippen LogP contribution is 2.33. The molecule has 3 heterocycles. The molecule has 2 aromatic carbocycles. The molecule has 2 aliphatic heterocycles. The summed E-state index contributed by atoms with van der Waals surface area (Å²) < 4.78 is 16.8. The van der Waals surface area contributed by atoms with Gasteiger partial charge in [0, 0.05) is 30.3 Å². The Bertz CT molecular complexity index is 1270. The molecule has 0 radical (unpaired) electrons. The standard InChI is InChI=1S/C29H33N3O5S/c1-20-6-3-9-25(21(20)2)30-29(34)32(16-23-7-4-12-35-23)18-28(33)31(17-24-8-5-13-38-24)15-22-10-11-26-27(14-22)37-19-36-26/h3,5-6,8-11,13-14,23H,4,7,12,15-19H2,1-2H3,(H,30,34). The van der Waals surface area contributed by atoms with Crippen LogP contribution in [0.5, 0.6) is 11.5 Å². The van der Waals surface area contributed by atoms with E-state index in [0.717, 1.165) is 40.1 Å². The number of anilines is 1. The first-order valence-electron chi connectivity index (χ1n) is 12.9. The van der Waals surface area contributed by atoms with Crippen molar-refractivity contribution in [3.05, 3.63) is 75.5 Å². The zero-order valence-corrected chi connectivity index (χ0v) is 22.6. The average Bonchev–Trinajstić information content (AvgIpc) is 3.69. The molecule has 3 amide bonds. The van der Waals surface area contributed by atoms with Gasteiger partial charge in [0.15, 0.2) is 11.5 Å². The van der Waals surface area contributed by atoms with Crippen molar-refractivity contribution in [3.63, 3.8) is 0 Å². The zero-order valence-electron chi connectivity index (χ0n) is 21.8. The van der Waals surface area contributed by atoms with Gasteiger partial charge in [-0.3, -0.25) is 4.79 Å². The third kappa shape index (κ3) is 6.28. The van der Waals surface area contributed by atoms with Crippen LogP contribution >= 0.6 is 11.3 Å². The lowest BCUT2D eigenvalue weighted by molar-refractivity contribution is -0.133. The molecule has 2 aliphatic rings. The van der Waals surface area contributed by atoms with Crippen molar-refractivity contribution >= 4 is 29.0 Å². The van der Waals surface area contributed by atoms with E-state index in [-0.39, 0.29) is 31.4 Å². The number of carbonyl (C=O) groups excluding carboxylic acids is 2. The van der Waals surface area contributed by atoms with E-state index in [1.54, 1.807) is 21.1 Å². The van der Waals surface area contributed by atoms with Gasteiger partial charge in [-0.05, 0) is 73.0 Å². The molecule has 1 N–H and O–H groups in total. The molecule has 9 heteroatoms. The number of urea groups is 1. The maximum absolute atomic E-state index is 13.8. The number of nitrogens with zero attached hydrogens (tertiary/aromatic N) is 2. The highest BCUT2D eigenvalue weighted by molar-refractivity contribution is 7.09. The first-order valence-corrected chi connectivity index (χ1v) is 13.8. The third-order valence-electron chi connectivity index (χ3n) is 7.00. The van der Waals surface area contributed by atoms with Crippen LogP contribution < -0.4 is 14.8 Å². The van der Waals surface area contributed by atoms with Gasteiger partial charge in [-0.2, -0.15) is 0 Å². The van der Waals surface area contributed by atoms with E-state index in [2.05, 4.69) is 5.32 Å². The van der Waals surface area contributed by atoms with E-state index in [9.17, 15) is 9.59 Å². The van der Waals surface area contributed by atoms with Crippen LogP contribution in [0.25, 0.3) is 0 Å². The van der Waals surface area contributed by atoms with E-state index >= 15 is 0 Å². The van der Waals surface area contributed by atoms with Crippen LogP contribution in [0.4, 0.5) is 10.5 Å². The van der Waals surface area contributed by atoms with Crippen molar-refractivity contribution < 1.29 is 23.8 Å². The second-order valence-electron chi connectivity index (χ2n) is 9.71. The molecule has 0 saturated carbocycles. The number of hydrogen-bond donors (Lipinski definition) is 1. The minimum atomic E-state index is -0.304. The summed E-state index contributed by atoms with van der Waals surface area (Å²) in [5, 5.41) is 5.03. The van der Waals surface area contributed by atoms with Crippen molar-refractivity contribution in [2.75, 3.05) is 31.8 Å². The molecule has 5 rings (SSSR count). The molecule has 3 aromatic rings. The van der Waals surface area contributed by atoms with Crippen molar-refractivity contribution in [2.24, 2.45) is 0 Å². The summed E-state index contributed by atoms with van der Waals surface area (Å²) in [5.41, 5.74) is 3.78. The Labute approximate surface area is 227 Å². The van der Waals surface area contributed by atoms with Crippen LogP contribution in [0.3, 0.4) is 0 Å². The van der Waals surface area contributed by atoms with Crippen LogP contribution in [-0.4, -0.2) is 54.3 Å². The number of aryl methyl sites for hydroxylation is 1. The molecule has 38 heavy (non-hydrogen) atoms. The molecule has 200 valence electrons. The number of amides is 3. The number of hydrogen-bond acceptors (Lipinski definition) is 6. The predicted octanol–water partition coefficient (Wildman–Crippen LogP) is 5.34. The molecule has 8 nitrogen and oxygen atoms in total. The Morgan fingerprint density at radius 2 is 1.89 bits per heavy atom. The molecule has 1 fully saturated rings. The van der Waals surface area contributed by atoms with Crippen LogP contribution in [0, 0.1) is 13.8 Å². The minimum Gasteiger partial charge on any atom is -0.454 e. The topological polar surface area (TPSA) is 80.3 Å². The Kier molecular flexibility index (Phi) is 8.14. The van der Waals surface area contributed by atoms with Gasteiger partial charge in [-0.25, -0.2) is 4.79 Å². The smallest absolute Gasteiger partial charge is 0.322 e. The van der Waals surface area contributed by atoms with Gasteiger partial charge in [0.1, 0.15) is 6.54 Å². The van der Waals surface area contributed by atoms with E-state index in [1.165, 1.54) is 0 Å². The fraction of sp³-hybridized carbons (Fsp3) is 0.379. The predicted molar refractivity (Wildman–Crippen MR) is 147 cm³/mol. The van der Waals surface area contributed by atoms with Crippen LogP contribution in [0.1, 0.15) is 34.4 Å². The van der Waals surface area contributed by atoms with Crippen molar-refractivity contribution in [2.45, 2.75) is 45.9 Å². The molecule has 1 saturated heterocycles. The summed E-state index contributed by atoms with van der Waals surface area (Å²) in [4.78, 5) is 31.7. The largest absolute Gasteiger partial charge is 0.454 e. The number of ether oxygens (including phenoxy) is 3. The maximum Gasteiger partial charge on any atom is 0.322 e. The number of fused-ring (bicyclic) bond motifs is 1. The maximum atomic E-state index is 13.8. The van der Waals surface area contributed by atoms with Gasteiger partial charge < -0.3 is 29.3 Å². The number of rotatable bonds is 9. The molecule has 0 aliphatic carbocycles. The number of carbonyl (C=O) groups is 2. The molecule has 0 bridgehead atoms. The second kappa shape index (κ2) is 11.9. The normalized spacial score (nSPS) is 15.9. The van der Waals surface area contributed by atoms with Crippen LogP contribution in [0.15, 0.2) is 53.9 Å². The summed E-state index contributed by atoms with van der Waals surface area (Å²) in [6, 6.07) is 15.2. The van der Waals surface area contributed by atoms with Crippen LogP contribution in [-0.2, 0) is 22.6 Å². The van der Waals surface area contributed by atoms with Gasteiger partial charge in [0.05, 0.1) is 12.6 Å². The van der Waals surface area contributed by atoms with E-state index < -0.39 is 0 Å². The van der Waals surface area contributed by atoms with Crippen LogP contribution in [0.2, 0.25) is 0 Å². The number of thiophene rings is 1. The Morgan fingerprint density at radius 1 is 1.03 bits per heavy atom. The lowest BCUT2D eigenvalue weighted by Gasteiger charge is -2.29. The molecule has 0 spiro atoms. The zero-order chi connectivity index (χ0) is 26.5. The van der Waals surface area contributed by atoms with Crippen molar-refractivity contribution in [3.8, 4) is 11.5 Å². The minimum absolute atomic E-state index is 0.0491. The van der Waals surface area contributed by atoms with E-state index in [4.69, 9.17) is 14.2 Å². The monoisotopic (exact) mass is 535 g/mol. The summed E-state index contributed by atoms with van der Waals surface area (Å²) >= 11 is 1.60. The Morgan fingerprint density at radius 3 is 2.68 bits per heavy atom. The fourth-order valence-corrected chi connectivity index (χ4v) is 5.40. The first-order chi connectivity index (χ1) is 18.5. The molecular formula is C29H33N3O5S. The highest BCUT2D eigenvalue weighted by atomic mass is 32.1. The number of nitrogens with one attached hydrogen (secondary N) is 1. The van der Waals surface area contributed by atoms with Crippen molar-refractivity contribution in [1.29, 1.82) is 0 Å². The SMILES string of the molecule is Cc1cccc(NC(=O)N(CC(=O)N(Cc2ccc3c(c2)OCO3)Cc2cccs2)CC2CCCO2)c1C. The number of benzene rings is 2. The summed E-state index contributed by atoms with van der Waals surface area (Å²) in [6.45, 7) is 6.03. The summed E-state index contributed by atoms with van der Waals surface area (Å²) in [7, 11) is 0. The van der Waals surface area contributed by atoms with Crippen molar-refractivity contribution in [1.82, 2.24) is 9.80 Å². The molecular weight excluding hydrogens is 502 g/mol. The molecule has 1 unspecified atom stereocenters. The highest BCUT2D eigenvalue weighted by Gasteiger charge is 2.27. The van der Waals surface area contributed by atoms with E-state index in [1.807, 2.05) is 67.8 Å². The fourth-order valence-electron chi connectivity index (χ4n) is 4.68.